The quantitative estimate of drug-likeness (QED) is 0.463. The molecule has 2 aliphatic heterocycles. The number of halogens is 1. The van der Waals surface area contributed by atoms with E-state index in [1.807, 2.05) is 0 Å². The first-order valence-corrected chi connectivity index (χ1v) is 9.80. The molecule has 0 radical (unpaired) electrons. The summed E-state index contributed by atoms with van der Waals surface area (Å²) in [6.45, 7) is 0.744. The van der Waals surface area contributed by atoms with E-state index in [0.29, 0.717) is 17.9 Å². The smallest absolute Gasteiger partial charge is 0.295 e. The minimum Gasteiger partial charge on any atom is -0.507 e. The molecule has 0 aliphatic carbocycles. The number of methoxy groups -OCH3 is 1. The molecule has 0 saturated carbocycles. The van der Waals surface area contributed by atoms with Crippen LogP contribution in [0.5, 0.6) is 5.75 Å². The van der Waals surface area contributed by atoms with Crippen LogP contribution in [0.1, 0.15) is 30.0 Å². The van der Waals surface area contributed by atoms with Gasteiger partial charge in [-0.05, 0) is 43.2 Å². The van der Waals surface area contributed by atoms with Crippen molar-refractivity contribution in [2.75, 3.05) is 20.3 Å². The third-order valence-corrected chi connectivity index (χ3v) is 5.53. The van der Waals surface area contributed by atoms with Gasteiger partial charge < -0.3 is 19.5 Å². The number of ether oxygens (including phenoxy) is 2. The second-order valence-electron chi connectivity index (χ2n) is 7.34. The van der Waals surface area contributed by atoms with Gasteiger partial charge in [-0.3, -0.25) is 9.59 Å². The van der Waals surface area contributed by atoms with Crippen LogP contribution in [-0.4, -0.2) is 48.1 Å². The summed E-state index contributed by atoms with van der Waals surface area (Å²) in [6.07, 6.45) is 1.40. The highest BCUT2D eigenvalue weighted by Gasteiger charge is 2.47. The Bertz CT molecular complexity index is 995. The lowest BCUT2D eigenvalue weighted by Gasteiger charge is -2.27. The Morgan fingerprint density at radius 2 is 1.93 bits per heavy atom. The van der Waals surface area contributed by atoms with E-state index in [0.717, 1.165) is 12.8 Å². The molecule has 2 aliphatic rings. The first kappa shape index (κ1) is 20.1. The van der Waals surface area contributed by atoms with E-state index in [4.69, 9.17) is 9.47 Å². The number of amides is 1. The highest BCUT2D eigenvalue weighted by Crippen LogP contribution is 2.41. The van der Waals surface area contributed by atoms with E-state index in [2.05, 4.69) is 0 Å². The van der Waals surface area contributed by atoms with Crippen molar-refractivity contribution in [2.24, 2.45) is 0 Å². The Balaban J connectivity index is 1.82. The number of carbonyl (C=O) groups excluding carboxylic acids is 2. The SMILES string of the molecule is COc1ccc(/C(O)=C2\C(=O)C(=O)N(C[C@@H]3CCCO3)[C@@H]2c2ccccc2F)cc1. The summed E-state index contributed by atoms with van der Waals surface area (Å²) in [5, 5.41) is 11.0. The Hall–Kier alpha value is -3.19. The van der Waals surface area contributed by atoms with E-state index in [9.17, 15) is 19.1 Å². The number of Topliss-reactive ketones (excluding diaryl/α,β-unsaturated/α-hetero) is 1. The van der Waals surface area contributed by atoms with Crippen molar-refractivity contribution in [3.05, 3.63) is 71.0 Å². The van der Waals surface area contributed by atoms with E-state index in [1.54, 1.807) is 30.3 Å². The van der Waals surface area contributed by atoms with Crippen LogP contribution in [-0.2, 0) is 14.3 Å². The number of ketones is 1. The fraction of sp³-hybridized carbons (Fsp3) is 0.304. The molecule has 2 atom stereocenters. The van der Waals surface area contributed by atoms with Crippen molar-refractivity contribution in [1.82, 2.24) is 4.90 Å². The molecule has 2 saturated heterocycles. The van der Waals surface area contributed by atoms with Gasteiger partial charge in [0.25, 0.3) is 11.7 Å². The molecular formula is C23H22FNO5. The third-order valence-electron chi connectivity index (χ3n) is 5.53. The summed E-state index contributed by atoms with van der Waals surface area (Å²) >= 11 is 0. The minimum atomic E-state index is -1.03. The molecule has 1 amide bonds. The van der Waals surface area contributed by atoms with Crippen molar-refractivity contribution in [3.63, 3.8) is 0 Å². The number of aliphatic hydroxyl groups excluding tert-OH is 1. The average molecular weight is 411 g/mol. The van der Waals surface area contributed by atoms with Gasteiger partial charge >= 0.3 is 0 Å². The van der Waals surface area contributed by atoms with Crippen LogP contribution < -0.4 is 4.74 Å². The number of likely N-dealkylation sites (tertiary alicyclic amines) is 1. The predicted octanol–water partition coefficient (Wildman–Crippen LogP) is 3.44. The lowest BCUT2D eigenvalue weighted by atomic mass is 9.94. The average Bonchev–Trinajstić information content (AvgIpc) is 3.36. The van der Waals surface area contributed by atoms with Gasteiger partial charge in [-0.25, -0.2) is 4.39 Å². The summed E-state index contributed by atoms with van der Waals surface area (Å²) in [4.78, 5) is 27.1. The van der Waals surface area contributed by atoms with Gasteiger partial charge in [0.15, 0.2) is 0 Å². The molecule has 0 spiro atoms. The fourth-order valence-corrected chi connectivity index (χ4v) is 4.00. The second-order valence-corrected chi connectivity index (χ2v) is 7.34. The standard InChI is InChI=1S/C23H22FNO5/c1-29-15-10-8-14(9-11-15)21(26)19-20(17-6-2-3-7-18(17)24)25(23(28)22(19)27)13-16-5-4-12-30-16/h2-3,6-11,16,20,26H,4-5,12-13H2,1H3/b21-19+/t16-,20+/m0/s1. The van der Waals surface area contributed by atoms with Crippen molar-refractivity contribution < 1.29 is 28.6 Å². The first-order chi connectivity index (χ1) is 14.5. The predicted molar refractivity (Wildman–Crippen MR) is 107 cm³/mol. The Morgan fingerprint density at radius 3 is 2.57 bits per heavy atom. The van der Waals surface area contributed by atoms with Crippen LogP contribution in [0.4, 0.5) is 4.39 Å². The summed E-state index contributed by atoms with van der Waals surface area (Å²) in [5.74, 6) is -1.93. The van der Waals surface area contributed by atoms with Gasteiger partial charge in [-0.15, -0.1) is 0 Å². The van der Waals surface area contributed by atoms with Crippen molar-refractivity contribution in [2.45, 2.75) is 25.0 Å². The molecule has 7 heteroatoms. The topological polar surface area (TPSA) is 76.1 Å². The maximum atomic E-state index is 14.7. The summed E-state index contributed by atoms with van der Waals surface area (Å²) in [7, 11) is 1.52. The molecule has 6 nitrogen and oxygen atoms in total. The van der Waals surface area contributed by atoms with Crippen LogP contribution in [0, 0.1) is 5.82 Å². The van der Waals surface area contributed by atoms with E-state index in [1.165, 1.54) is 30.2 Å². The van der Waals surface area contributed by atoms with Gasteiger partial charge in [0.05, 0.1) is 24.8 Å². The number of rotatable bonds is 5. The van der Waals surface area contributed by atoms with Gasteiger partial charge in [-0.2, -0.15) is 0 Å². The number of carbonyl (C=O) groups is 2. The first-order valence-electron chi connectivity index (χ1n) is 9.80. The highest BCUT2D eigenvalue weighted by atomic mass is 19.1. The molecule has 30 heavy (non-hydrogen) atoms. The molecule has 1 N–H and O–H groups in total. The van der Waals surface area contributed by atoms with Crippen LogP contribution >= 0.6 is 0 Å². The maximum absolute atomic E-state index is 14.7. The molecule has 2 heterocycles. The molecule has 0 bridgehead atoms. The van der Waals surface area contributed by atoms with Gasteiger partial charge in [-0.1, -0.05) is 18.2 Å². The normalized spacial score (nSPS) is 23.2. The highest BCUT2D eigenvalue weighted by molar-refractivity contribution is 6.46. The number of aliphatic hydroxyl groups is 1. The Morgan fingerprint density at radius 1 is 1.20 bits per heavy atom. The zero-order valence-electron chi connectivity index (χ0n) is 16.5. The molecule has 2 fully saturated rings. The van der Waals surface area contributed by atoms with Gasteiger partial charge in [0.2, 0.25) is 0 Å². The molecule has 2 aromatic rings. The molecule has 4 rings (SSSR count). The summed E-state index contributed by atoms with van der Waals surface area (Å²) in [6, 6.07) is 11.4. The maximum Gasteiger partial charge on any atom is 0.295 e. The number of hydrogen-bond acceptors (Lipinski definition) is 5. The summed E-state index contributed by atoms with van der Waals surface area (Å²) < 4.78 is 25.5. The monoisotopic (exact) mass is 411 g/mol. The van der Waals surface area contributed by atoms with E-state index in [-0.39, 0.29) is 29.5 Å². The molecule has 0 unspecified atom stereocenters. The molecular weight excluding hydrogens is 389 g/mol. The van der Waals surface area contributed by atoms with Gasteiger partial charge in [0, 0.05) is 24.3 Å². The van der Waals surface area contributed by atoms with Crippen molar-refractivity contribution in [3.8, 4) is 5.75 Å². The van der Waals surface area contributed by atoms with Crippen LogP contribution in [0.15, 0.2) is 54.1 Å². The van der Waals surface area contributed by atoms with Crippen LogP contribution in [0.3, 0.4) is 0 Å². The van der Waals surface area contributed by atoms with Crippen molar-refractivity contribution >= 4 is 17.4 Å². The van der Waals surface area contributed by atoms with E-state index < -0.39 is 23.5 Å². The second kappa shape index (κ2) is 8.28. The zero-order chi connectivity index (χ0) is 21.3. The van der Waals surface area contributed by atoms with Crippen LogP contribution in [0.25, 0.3) is 5.76 Å². The third kappa shape index (κ3) is 3.57. The lowest BCUT2D eigenvalue weighted by molar-refractivity contribution is -0.140. The minimum absolute atomic E-state index is 0.131. The fourth-order valence-electron chi connectivity index (χ4n) is 4.00. The molecule has 2 aromatic carbocycles. The largest absolute Gasteiger partial charge is 0.507 e. The zero-order valence-corrected chi connectivity index (χ0v) is 16.5. The van der Waals surface area contributed by atoms with E-state index >= 15 is 0 Å². The summed E-state index contributed by atoms with van der Waals surface area (Å²) in [5.41, 5.74) is 0.366. The van der Waals surface area contributed by atoms with Crippen molar-refractivity contribution in [1.29, 1.82) is 0 Å². The number of nitrogens with zero attached hydrogens (tertiary/aromatic N) is 1. The number of hydrogen-bond donors (Lipinski definition) is 1. The lowest BCUT2D eigenvalue weighted by Crippen LogP contribution is -2.36. The molecule has 0 aromatic heterocycles. The Labute approximate surface area is 173 Å². The Kier molecular flexibility index (Phi) is 5.55. The van der Waals surface area contributed by atoms with Gasteiger partial charge in [0.1, 0.15) is 17.3 Å². The van der Waals surface area contributed by atoms with Crippen LogP contribution in [0.2, 0.25) is 0 Å². The molecule has 156 valence electrons. The number of benzene rings is 2.